The van der Waals surface area contributed by atoms with Crippen LogP contribution in [0, 0.1) is 6.92 Å². The van der Waals surface area contributed by atoms with Crippen molar-refractivity contribution in [1.29, 1.82) is 0 Å². The van der Waals surface area contributed by atoms with E-state index in [1.165, 1.54) is 23.8 Å². The molecule has 3 rings (SSSR count). The van der Waals surface area contributed by atoms with E-state index in [0.717, 1.165) is 5.56 Å². The average molecular weight is 384 g/mol. The Bertz CT molecular complexity index is 870. The van der Waals surface area contributed by atoms with E-state index < -0.39 is 5.25 Å². The monoisotopic (exact) mass is 384 g/mol. The number of methoxy groups -OCH3 is 1. The summed E-state index contributed by atoms with van der Waals surface area (Å²) in [4.78, 5) is 38.3. The molecule has 140 valence electrons. The van der Waals surface area contributed by atoms with Crippen LogP contribution in [-0.2, 0) is 14.4 Å². The van der Waals surface area contributed by atoms with Crippen molar-refractivity contribution >= 4 is 40.9 Å². The predicted molar refractivity (Wildman–Crippen MR) is 106 cm³/mol. The van der Waals surface area contributed by atoms with Gasteiger partial charge in [-0.15, -0.1) is 11.8 Å². The summed E-state index contributed by atoms with van der Waals surface area (Å²) in [5.41, 5.74) is 2.14. The van der Waals surface area contributed by atoms with Crippen LogP contribution in [0.25, 0.3) is 0 Å². The van der Waals surface area contributed by atoms with Gasteiger partial charge in [0.1, 0.15) is 5.75 Å². The van der Waals surface area contributed by atoms with Gasteiger partial charge in [-0.2, -0.15) is 0 Å². The second kappa shape index (κ2) is 8.26. The molecule has 1 saturated heterocycles. The quantitative estimate of drug-likeness (QED) is 0.775. The van der Waals surface area contributed by atoms with Crippen molar-refractivity contribution in [2.45, 2.75) is 18.6 Å². The van der Waals surface area contributed by atoms with Crippen LogP contribution in [0.3, 0.4) is 0 Å². The summed E-state index contributed by atoms with van der Waals surface area (Å²) in [6, 6.07) is 14.3. The number of hydrogen-bond acceptors (Lipinski definition) is 5. The molecular weight excluding hydrogens is 364 g/mol. The van der Waals surface area contributed by atoms with Crippen LogP contribution in [0.1, 0.15) is 12.0 Å². The molecule has 27 heavy (non-hydrogen) atoms. The smallest absolute Gasteiger partial charge is 0.247 e. The lowest BCUT2D eigenvalue weighted by Gasteiger charge is -2.15. The highest BCUT2D eigenvalue weighted by molar-refractivity contribution is 8.01. The standard InChI is InChI=1S/C20H20N2O4S/c1-13-8-9-16(26-2)15(10-13)21-18(23)12-27-17-11-19(24)22(20(17)25)14-6-4-3-5-7-14/h3-10,17H,11-12H2,1-2H3,(H,21,23)/t17-/m0/s1. The van der Waals surface area contributed by atoms with Crippen LogP contribution in [0.5, 0.6) is 5.75 Å². The van der Waals surface area contributed by atoms with Crippen LogP contribution in [-0.4, -0.2) is 35.8 Å². The molecule has 0 spiro atoms. The van der Waals surface area contributed by atoms with E-state index in [1.54, 1.807) is 30.3 Å². The fourth-order valence-electron chi connectivity index (χ4n) is 2.86. The van der Waals surface area contributed by atoms with Gasteiger partial charge in [-0.1, -0.05) is 24.3 Å². The van der Waals surface area contributed by atoms with Crippen molar-refractivity contribution in [3.05, 3.63) is 54.1 Å². The average Bonchev–Trinajstić information content (AvgIpc) is 2.94. The van der Waals surface area contributed by atoms with Crippen molar-refractivity contribution in [3.63, 3.8) is 0 Å². The number of nitrogens with one attached hydrogen (secondary N) is 1. The van der Waals surface area contributed by atoms with E-state index in [4.69, 9.17) is 4.74 Å². The molecule has 1 N–H and O–H groups in total. The molecule has 0 radical (unpaired) electrons. The summed E-state index contributed by atoms with van der Waals surface area (Å²) >= 11 is 1.17. The lowest BCUT2D eigenvalue weighted by molar-refractivity contribution is -0.121. The number of nitrogens with zero attached hydrogens (tertiary/aromatic N) is 1. The Kier molecular flexibility index (Phi) is 5.81. The van der Waals surface area contributed by atoms with Gasteiger partial charge in [0.25, 0.3) is 0 Å². The zero-order valence-electron chi connectivity index (χ0n) is 15.1. The minimum atomic E-state index is -0.553. The lowest BCUT2D eigenvalue weighted by Crippen LogP contribution is -2.31. The highest BCUT2D eigenvalue weighted by atomic mass is 32.2. The maximum atomic E-state index is 12.6. The molecule has 7 heteroatoms. The number of imide groups is 1. The summed E-state index contributed by atoms with van der Waals surface area (Å²) in [5, 5.41) is 2.25. The first-order chi connectivity index (χ1) is 13.0. The Labute approximate surface area is 161 Å². The summed E-state index contributed by atoms with van der Waals surface area (Å²) in [7, 11) is 1.54. The molecule has 0 aromatic heterocycles. The highest BCUT2D eigenvalue weighted by Gasteiger charge is 2.39. The Morgan fingerprint density at radius 3 is 2.67 bits per heavy atom. The molecule has 1 atom stereocenters. The van der Waals surface area contributed by atoms with Crippen LogP contribution in [0.15, 0.2) is 48.5 Å². The maximum absolute atomic E-state index is 12.6. The zero-order valence-corrected chi connectivity index (χ0v) is 15.9. The van der Waals surface area contributed by atoms with Gasteiger partial charge >= 0.3 is 0 Å². The first kappa shape index (κ1) is 19.0. The molecule has 0 bridgehead atoms. The van der Waals surface area contributed by atoms with E-state index in [0.29, 0.717) is 17.1 Å². The molecule has 1 aliphatic rings. The van der Waals surface area contributed by atoms with Crippen molar-refractivity contribution in [2.24, 2.45) is 0 Å². The first-order valence-electron chi connectivity index (χ1n) is 8.47. The predicted octanol–water partition coefficient (Wildman–Crippen LogP) is 3.01. The maximum Gasteiger partial charge on any atom is 0.247 e. The number of carbonyl (C=O) groups excluding carboxylic acids is 3. The Balaban J connectivity index is 1.60. The van der Waals surface area contributed by atoms with Gasteiger partial charge in [0, 0.05) is 6.42 Å². The van der Waals surface area contributed by atoms with E-state index in [9.17, 15) is 14.4 Å². The summed E-state index contributed by atoms with van der Waals surface area (Å²) in [5.74, 6) is -0.131. The summed E-state index contributed by atoms with van der Waals surface area (Å²) in [6.07, 6.45) is 0.0967. The van der Waals surface area contributed by atoms with Gasteiger partial charge < -0.3 is 10.1 Å². The number of anilines is 2. The third-order valence-corrected chi connectivity index (χ3v) is 5.36. The Hall–Kier alpha value is -2.80. The number of amides is 3. The minimum Gasteiger partial charge on any atom is -0.495 e. The topological polar surface area (TPSA) is 75.7 Å². The molecule has 1 heterocycles. The summed E-state index contributed by atoms with van der Waals surface area (Å²) < 4.78 is 5.25. The largest absolute Gasteiger partial charge is 0.495 e. The molecule has 1 fully saturated rings. The lowest BCUT2D eigenvalue weighted by atomic mass is 10.2. The Morgan fingerprint density at radius 2 is 1.96 bits per heavy atom. The van der Waals surface area contributed by atoms with Crippen molar-refractivity contribution in [3.8, 4) is 5.75 Å². The summed E-state index contributed by atoms with van der Waals surface area (Å²) in [6.45, 7) is 1.92. The second-order valence-corrected chi connectivity index (χ2v) is 7.35. The number of carbonyl (C=O) groups is 3. The van der Waals surface area contributed by atoms with Crippen LogP contribution in [0.2, 0.25) is 0 Å². The number of thioether (sulfide) groups is 1. The molecule has 0 saturated carbocycles. The van der Waals surface area contributed by atoms with Crippen molar-refractivity contribution < 1.29 is 19.1 Å². The molecule has 2 aromatic carbocycles. The van der Waals surface area contributed by atoms with E-state index in [-0.39, 0.29) is 29.9 Å². The second-order valence-electron chi connectivity index (χ2n) is 6.16. The van der Waals surface area contributed by atoms with E-state index >= 15 is 0 Å². The normalized spacial score (nSPS) is 16.5. The van der Waals surface area contributed by atoms with E-state index in [2.05, 4.69) is 5.32 Å². The molecule has 0 aliphatic carbocycles. The number of rotatable bonds is 6. The third-order valence-electron chi connectivity index (χ3n) is 4.16. The first-order valence-corrected chi connectivity index (χ1v) is 9.52. The van der Waals surface area contributed by atoms with E-state index in [1.807, 2.05) is 25.1 Å². The van der Waals surface area contributed by atoms with Crippen LogP contribution in [0.4, 0.5) is 11.4 Å². The molecule has 3 amide bonds. The number of benzene rings is 2. The zero-order chi connectivity index (χ0) is 19.4. The van der Waals surface area contributed by atoms with Gasteiger partial charge in [0.05, 0.1) is 29.5 Å². The number of aryl methyl sites for hydroxylation is 1. The Morgan fingerprint density at radius 1 is 1.22 bits per heavy atom. The van der Waals surface area contributed by atoms with Gasteiger partial charge in [0.15, 0.2) is 0 Å². The number of para-hydroxylation sites is 1. The minimum absolute atomic E-state index is 0.0728. The van der Waals surface area contributed by atoms with Gasteiger partial charge in [0.2, 0.25) is 17.7 Å². The van der Waals surface area contributed by atoms with Crippen molar-refractivity contribution in [2.75, 3.05) is 23.1 Å². The number of ether oxygens (including phenoxy) is 1. The van der Waals surface area contributed by atoms with Crippen LogP contribution >= 0.6 is 11.8 Å². The molecule has 2 aromatic rings. The molecule has 0 unspecified atom stereocenters. The molecule has 6 nitrogen and oxygen atoms in total. The van der Waals surface area contributed by atoms with Gasteiger partial charge in [-0.3, -0.25) is 14.4 Å². The fourth-order valence-corrected chi connectivity index (χ4v) is 3.80. The van der Waals surface area contributed by atoms with Crippen molar-refractivity contribution in [1.82, 2.24) is 0 Å². The fraction of sp³-hybridized carbons (Fsp3) is 0.250. The molecule has 1 aliphatic heterocycles. The van der Waals surface area contributed by atoms with Gasteiger partial charge in [-0.25, -0.2) is 4.90 Å². The highest BCUT2D eigenvalue weighted by Crippen LogP contribution is 2.30. The third kappa shape index (κ3) is 4.31. The number of hydrogen-bond donors (Lipinski definition) is 1. The SMILES string of the molecule is COc1ccc(C)cc1NC(=O)CS[C@H]1CC(=O)N(c2ccccc2)C1=O. The molecular formula is C20H20N2O4S. The van der Waals surface area contributed by atoms with Gasteiger partial charge in [-0.05, 0) is 36.8 Å². The van der Waals surface area contributed by atoms with Crippen LogP contribution < -0.4 is 15.0 Å².